The number of aliphatic hydroxyl groups is 1. The fourth-order valence-corrected chi connectivity index (χ4v) is 0. The first-order valence-corrected chi connectivity index (χ1v) is 1.55. The molecule has 0 aliphatic carbocycles. The average molecular weight is 200 g/mol. The van der Waals surface area contributed by atoms with Gasteiger partial charge in [-0.1, -0.05) is 0 Å². The number of hydrogen-bond acceptors (Lipinski definition) is 2. The third-order valence-corrected chi connectivity index (χ3v) is 0.357. The van der Waals surface area contributed by atoms with Crippen LogP contribution in [0.15, 0.2) is 0 Å². The van der Waals surface area contributed by atoms with Crippen molar-refractivity contribution in [2.24, 2.45) is 0 Å². The smallest absolute Gasteiger partial charge is 0.332 e. The molecule has 0 saturated carbocycles. The van der Waals surface area contributed by atoms with Crippen molar-refractivity contribution >= 4 is 5.97 Å². The SMILES string of the molecule is CC(O)C(=O)O.O.O.O.[Fe]. The van der Waals surface area contributed by atoms with Gasteiger partial charge in [0.25, 0.3) is 0 Å². The average Bonchev–Trinajstić information content (AvgIpc) is 1.36. The molecule has 0 fully saturated rings. The zero-order chi connectivity index (χ0) is 5.15. The van der Waals surface area contributed by atoms with E-state index in [2.05, 4.69) is 0 Å². The number of carboxylic acid groups (broad SMARTS) is 1. The summed E-state index contributed by atoms with van der Waals surface area (Å²) in [6.07, 6.45) is -1.23. The molecule has 0 amide bonds. The topological polar surface area (TPSA) is 152 Å². The minimum Gasteiger partial charge on any atom is -0.479 e. The number of carbonyl (C=O) groups is 1. The third kappa shape index (κ3) is 24.9. The maximum Gasteiger partial charge on any atom is 0.332 e. The first-order valence-electron chi connectivity index (χ1n) is 1.55. The third-order valence-electron chi connectivity index (χ3n) is 0.357. The summed E-state index contributed by atoms with van der Waals surface area (Å²) in [6, 6.07) is 0. The molecule has 0 aliphatic rings. The monoisotopic (exact) mass is 200 g/mol. The molecule has 0 radical (unpaired) electrons. The number of rotatable bonds is 1. The van der Waals surface area contributed by atoms with Gasteiger partial charge in [0.05, 0.1) is 0 Å². The van der Waals surface area contributed by atoms with E-state index >= 15 is 0 Å². The van der Waals surface area contributed by atoms with Crippen LogP contribution in [0.3, 0.4) is 0 Å². The standard InChI is InChI=1S/C3H6O3.Fe.3H2O/c1-2(4)3(5)6;;;;/h2,4H,1H3,(H,5,6);;3*1H2. The Labute approximate surface area is 68.3 Å². The molecular weight excluding hydrogens is 188 g/mol. The molecule has 1 atom stereocenters. The molecule has 0 bridgehead atoms. The number of carboxylic acids is 1. The van der Waals surface area contributed by atoms with E-state index in [1.807, 2.05) is 0 Å². The van der Waals surface area contributed by atoms with Crippen LogP contribution in [0, 0.1) is 0 Å². The summed E-state index contributed by atoms with van der Waals surface area (Å²) in [5.41, 5.74) is 0. The van der Waals surface area contributed by atoms with Crippen molar-refractivity contribution in [1.82, 2.24) is 0 Å². The summed E-state index contributed by atoms with van der Waals surface area (Å²) >= 11 is 0. The van der Waals surface area contributed by atoms with Crippen molar-refractivity contribution in [1.29, 1.82) is 0 Å². The summed E-state index contributed by atoms with van der Waals surface area (Å²) in [5, 5.41) is 15.8. The van der Waals surface area contributed by atoms with E-state index in [0.717, 1.165) is 0 Å². The maximum absolute atomic E-state index is 9.45. The van der Waals surface area contributed by atoms with Crippen molar-refractivity contribution in [2.45, 2.75) is 13.0 Å². The Hall–Kier alpha value is -0.171. The van der Waals surface area contributed by atoms with Gasteiger partial charge in [0.2, 0.25) is 0 Å². The Bertz CT molecular complexity index is 64.0. The van der Waals surface area contributed by atoms with Crippen LogP contribution in [0.25, 0.3) is 0 Å². The molecule has 1 unspecified atom stereocenters. The Morgan fingerprint density at radius 3 is 1.40 bits per heavy atom. The molecule has 68 valence electrons. The second-order valence-corrected chi connectivity index (χ2v) is 1.01. The molecule has 0 aromatic heterocycles. The van der Waals surface area contributed by atoms with Crippen LogP contribution >= 0.6 is 0 Å². The van der Waals surface area contributed by atoms with Gasteiger partial charge in [-0.3, -0.25) is 0 Å². The molecule has 0 heterocycles. The van der Waals surface area contributed by atoms with Gasteiger partial charge < -0.3 is 26.6 Å². The van der Waals surface area contributed by atoms with E-state index in [0.29, 0.717) is 0 Å². The molecule has 0 spiro atoms. The van der Waals surface area contributed by atoms with Crippen LogP contribution in [0.5, 0.6) is 0 Å². The Kier molecular flexibility index (Phi) is 52.3. The Balaban J connectivity index is -0.0000000208. The van der Waals surface area contributed by atoms with Gasteiger partial charge in [0.15, 0.2) is 0 Å². The largest absolute Gasteiger partial charge is 0.479 e. The van der Waals surface area contributed by atoms with Crippen molar-refractivity contribution in [2.75, 3.05) is 0 Å². The minimum atomic E-state index is -1.23. The second-order valence-electron chi connectivity index (χ2n) is 1.01. The van der Waals surface area contributed by atoms with Gasteiger partial charge in [-0.05, 0) is 6.92 Å². The molecule has 10 heavy (non-hydrogen) atoms. The molecule has 6 nitrogen and oxygen atoms in total. The van der Waals surface area contributed by atoms with Gasteiger partial charge in [-0.15, -0.1) is 0 Å². The van der Waals surface area contributed by atoms with Crippen LogP contribution in [0.4, 0.5) is 0 Å². The fourth-order valence-electron chi connectivity index (χ4n) is 0. The van der Waals surface area contributed by atoms with Crippen LogP contribution < -0.4 is 0 Å². The predicted molar refractivity (Wildman–Crippen MR) is 30.2 cm³/mol. The molecule has 7 heteroatoms. The minimum absolute atomic E-state index is 0. The quantitative estimate of drug-likeness (QED) is 0.433. The normalized spacial score (nSPS) is 8.20. The summed E-state index contributed by atoms with van der Waals surface area (Å²) in [4.78, 5) is 9.45. The summed E-state index contributed by atoms with van der Waals surface area (Å²) in [7, 11) is 0. The zero-order valence-corrected chi connectivity index (χ0v) is 6.34. The van der Waals surface area contributed by atoms with Crippen LogP contribution in [-0.4, -0.2) is 38.7 Å². The van der Waals surface area contributed by atoms with E-state index in [9.17, 15) is 4.79 Å². The molecule has 0 rings (SSSR count). The van der Waals surface area contributed by atoms with E-state index in [1.54, 1.807) is 0 Å². The van der Waals surface area contributed by atoms with Gasteiger partial charge in [0, 0.05) is 17.1 Å². The summed E-state index contributed by atoms with van der Waals surface area (Å²) < 4.78 is 0. The van der Waals surface area contributed by atoms with E-state index < -0.39 is 12.1 Å². The molecule has 0 saturated heterocycles. The second kappa shape index (κ2) is 15.9. The molecule has 0 aromatic carbocycles. The Morgan fingerprint density at radius 2 is 1.40 bits per heavy atom. The van der Waals surface area contributed by atoms with Gasteiger partial charge in [-0.2, -0.15) is 0 Å². The summed E-state index contributed by atoms with van der Waals surface area (Å²) in [6.45, 7) is 1.20. The van der Waals surface area contributed by atoms with Crippen molar-refractivity contribution in [3.63, 3.8) is 0 Å². The maximum atomic E-state index is 9.45. The number of aliphatic carboxylic acids is 1. The predicted octanol–water partition coefficient (Wildman–Crippen LogP) is -3.02. The number of aliphatic hydroxyl groups excluding tert-OH is 1. The Morgan fingerprint density at radius 1 is 1.30 bits per heavy atom. The molecular formula is C3H12FeO6. The van der Waals surface area contributed by atoms with E-state index in [4.69, 9.17) is 10.2 Å². The van der Waals surface area contributed by atoms with E-state index in [-0.39, 0.29) is 33.5 Å². The van der Waals surface area contributed by atoms with Gasteiger partial charge in [-0.25, -0.2) is 4.79 Å². The first kappa shape index (κ1) is 32.9. The van der Waals surface area contributed by atoms with Gasteiger partial charge in [0.1, 0.15) is 6.10 Å². The molecule has 0 aromatic rings. The van der Waals surface area contributed by atoms with E-state index in [1.165, 1.54) is 6.92 Å². The van der Waals surface area contributed by atoms with Crippen molar-refractivity contribution < 1.29 is 48.5 Å². The van der Waals surface area contributed by atoms with Gasteiger partial charge >= 0.3 is 5.97 Å². The fraction of sp³-hybridized carbons (Fsp3) is 0.667. The number of hydrogen-bond donors (Lipinski definition) is 2. The van der Waals surface area contributed by atoms with Crippen LogP contribution in [-0.2, 0) is 21.9 Å². The van der Waals surface area contributed by atoms with Crippen LogP contribution in [0.1, 0.15) is 6.92 Å². The van der Waals surface area contributed by atoms with Crippen LogP contribution in [0.2, 0.25) is 0 Å². The zero-order valence-electron chi connectivity index (χ0n) is 5.23. The summed E-state index contributed by atoms with van der Waals surface area (Å²) in [5.74, 6) is -1.19. The van der Waals surface area contributed by atoms with Crippen molar-refractivity contribution in [3.05, 3.63) is 0 Å². The molecule has 0 aliphatic heterocycles. The first-order chi connectivity index (χ1) is 2.64. The molecule has 8 N–H and O–H groups in total. The van der Waals surface area contributed by atoms with Crippen molar-refractivity contribution in [3.8, 4) is 0 Å².